The molecule has 0 spiro atoms. The Bertz CT molecular complexity index is 528. The molecule has 0 fully saturated rings. The Morgan fingerprint density at radius 2 is 2.31 bits per heavy atom. The molecule has 2 N–H and O–H groups in total. The van der Waals surface area contributed by atoms with Gasteiger partial charge in [-0.2, -0.15) is 0 Å². The lowest BCUT2D eigenvalue weighted by molar-refractivity contribution is 0.200. The second-order valence-electron chi connectivity index (χ2n) is 4.44. The third kappa shape index (κ3) is 1.36. The average molecular weight is 216 g/mol. The van der Waals surface area contributed by atoms with Crippen molar-refractivity contribution in [2.24, 2.45) is 0 Å². The van der Waals surface area contributed by atoms with E-state index in [-0.39, 0.29) is 0 Å². The molecule has 1 aromatic heterocycles. The van der Waals surface area contributed by atoms with Crippen LogP contribution in [0.2, 0.25) is 0 Å². The lowest BCUT2D eigenvalue weighted by Crippen LogP contribution is -2.15. The topological polar surface area (TPSA) is 37.2 Å². The summed E-state index contributed by atoms with van der Waals surface area (Å²) in [4.78, 5) is 0. The molecule has 0 radical (unpaired) electrons. The maximum atomic E-state index is 9.78. The fraction of sp³-hybridized carbons (Fsp3) is 0.385. The minimum atomic E-state index is -0.397. The van der Waals surface area contributed by atoms with E-state index in [9.17, 15) is 5.11 Å². The number of rotatable bonds is 1. The minimum absolute atomic E-state index is 0.397. The molecule has 1 aliphatic rings. The van der Waals surface area contributed by atoms with Crippen LogP contribution in [0.4, 0.5) is 0 Å². The molecule has 3 nitrogen and oxygen atoms in total. The van der Waals surface area contributed by atoms with E-state index in [1.165, 1.54) is 16.5 Å². The van der Waals surface area contributed by atoms with Gasteiger partial charge in [-0.25, -0.2) is 0 Å². The molecule has 3 rings (SSSR count). The number of aromatic nitrogens is 1. The lowest BCUT2D eigenvalue weighted by Gasteiger charge is -2.04. The van der Waals surface area contributed by atoms with Gasteiger partial charge in [0, 0.05) is 36.8 Å². The maximum absolute atomic E-state index is 9.78. The summed E-state index contributed by atoms with van der Waals surface area (Å²) in [6.07, 6.45) is 1.69. The molecule has 1 atom stereocenters. The first-order valence-electron chi connectivity index (χ1n) is 5.77. The summed E-state index contributed by atoms with van der Waals surface area (Å²) in [5.41, 5.74) is 3.64. The van der Waals surface area contributed by atoms with Gasteiger partial charge in [-0.05, 0) is 12.5 Å². The highest BCUT2D eigenvalue weighted by Gasteiger charge is 2.16. The fourth-order valence-corrected chi connectivity index (χ4v) is 2.54. The summed E-state index contributed by atoms with van der Waals surface area (Å²) in [5.74, 6) is 0. The molecule has 0 saturated carbocycles. The number of hydrogen-bond acceptors (Lipinski definition) is 2. The standard InChI is InChI=1S/C13H16N2O/c1-9(16)12-8-15-6-5-14-7-10-3-2-4-11(12)13(10)15/h2-4,8-9,14,16H,5-7H2,1H3. The van der Waals surface area contributed by atoms with Crippen LogP contribution in [0, 0.1) is 0 Å². The first-order chi connectivity index (χ1) is 7.77. The Labute approximate surface area is 94.7 Å². The van der Waals surface area contributed by atoms with Crippen LogP contribution >= 0.6 is 0 Å². The van der Waals surface area contributed by atoms with E-state index in [2.05, 4.69) is 34.3 Å². The SMILES string of the molecule is CC(O)c1cn2c3c(cccc13)CNCC2. The van der Waals surface area contributed by atoms with Crippen LogP contribution in [0.3, 0.4) is 0 Å². The molecule has 2 aromatic rings. The van der Waals surface area contributed by atoms with Crippen LogP contribution in [0.5, 0.6) is 0 Å². The van der Waals surface area contributed by atoms with Crippen molar-refractivity contribution in [3.8, 4) is 0 Å². The summed E-state index contributed by atoms with van der Waals surface area (Å²) < 4.78 is 2.26. The molecule has 0 aliphatic carbocycles. The van der Waals surface area contributed by atoms with Gasteiger partial charge in [-0.1, -0.05) is 18.2 Å². The van der Waals surface area contributed by atoms with E-state index in [0.717, 1.165) is 25.2 Å². The lowest BCUT2D eigenvalue weighted by atomic mass is 10.1. The van der Waals surface area contributed by atoms with Gasteiger partial charge in [0.15, 0.2) is 0 Å². The van der Waals surface area contributed by atoms with E-state index >= 15 is 0 Å². The Morgan fingerprint density at radius 3 is 3.12 bits per heavy atom. The van der Waals surface area contributed by atoms with Crippen LogP contribution in [0.25, 0.3) is 10.9 Å². The van der Waals surface area contributed by atoms with Gasteiger partial charge in [-0.3, -0.25) is 0 Å². The van der Waals surface area contributed by atoms with Crippen LogP contribution < -0.4 is 5.32 Å². The Morgan fingerprint density at radius 1 is 1.44 bits per heavy atom. The van der Waals surface area contributed by atoms with E-state index in [1.54, 1.807) is 0 Å². The highest BCUT2D eigenvalue weighted by atomic mass is 16.3. The molecule has 16 heavy (non-hydrogen) atoms. The minimum Gasteiger partial charge on any atom is -0.389 e. The predicted octanol–water partition coefficient (Wildman–Crippen LogP) is 1.80. The van der Waals surface area contributed by atoms with Crippen LogP contribution in [0.15, 0.2) is 24.4 Å². The fourth-order valence-electron chi connectivity index (χ4n) is 2.54. The molecule has 0 saturated heterocycles. The highest BCUT2D eigenvalue weighted by molar-refractivity contribution is 5.87. The maximum Gasteiger partial charge on any atom is 0.0782 e. The molecule has 84 valence electrons. The number of aliphatic hydroxyl groups excluding tert-OH is 1. The van der Waals surface area contributed by atoms with Crippen molar-refractivity contribution in [3.63, 3.8) is 0 Å². The first-order valence-corrected chi connectivity index (χ1v) is 5.77. The summed E-state index contributed by atoms with van der Waals surface area (Å²) >= 11 is 0. The van der Waals surface area contributed by atoms with Gasteiger partial charge in [0.1, 0.15) is 0 Å². The van der Waals surface area contributed by atoms with E-state index in [4.69, 9.17) is 0 Å². The zero-order valence-corrected chi connectivity index (χ0v) is 9.40. The van der Waals surface area contributed by atoms with Gasteiger partial charge >= 0.3 is 0 Å². The van der Waals surface area contributed by atoms with Gasteiger partial charge in [-0.15, -0.1) is 0 Å². The van der Waals surface area contributed by atoms with Crippen LogP contribution in [-0.4, -0.2) is 16.2 Å². The van der Waals surface area contributed by atoms with Gasteiger partial charge in [0.05, 0.1) is 11.6 Å². The van der Waals surface area contributed by atoms with Crippen molar-refractivity contribution >= 4 is 10.9 Å². The Kier molecular flexibility index (Phi) is 2.23. The second-order valence-corrected chi connectivity index (χ2v) is 4.44. The van der Waals surface area contributed by atoms with Crippen molar-refractivity contribution in [2.75, 3.05) is 6.54 Å². The number of nitrogens with one attached hydrogen (secondary N) is 1. The Balaban J connectivity index is 2.34. The zero-order chi connectivity index (χ0) is 11.1. The van der Waals surface area contributed by atoms with Crippen molar-refractivity contribution in [1.82, 2.24) is 9.88 Å². The van der Waals surface area contributed by atoms with Crippen LogP contribution in [0.1, 0.15) is 24.2 Å². The molecule has 0 amide bonds. The molecule has 3 heteroatoms. The third-order valence-electron chi connectivity index (χ3n) is 3.31. The highest BCUT2D eigenvalue weighted by Crippen LogP contribution is 2.29. The number of aliphatic hydroxyl groups is 1. The number of hydrogen-bond donors (Lipinski definition) is 2. The zero-order valence-electron chi connectivity index (χ0n) is 9.40. The normalized spacial score (nSPS) is 17.4. The van der Waals surface area contributed by atoms with E-state index < -0.39 is 6.10 Å². The van der Waals surface area contributed by atoms with Gasteiger partial charge in [0.25, 0.3) is 0 Å². The van der Waals surface area contributed by atoms with Crippen molar-refractivity contribution in [1.29, 1.82) is 0 Å². The van der Waals surface area contributed by atoms with Crippen molar-refractivity contribution in [2.45, 2.75) is 26.1 Å². The van der Waals surface area contributed by atoms with E-state index in [0.29, 0.717) is 0 Å². The Hall–Kier alpha value is -1.32. The molecule has 0 bridgehead atoms. The van der Waals surface area contributed by atoms with Crippen LogP contribution in [-0.2, 0) is 13.1 Å². The first kappa shape index (κ1) is 9.87. The summed E-state index contributed by atoms with van der Waals surface area (Å²) in [6.45, 7) is 4.70. The number of benzene rings is 1. The molecular weight excluding hydrogens is 200 g/mol. The molecular formula is C13H16N2O. The van der Waals surface area contributed by atoms with Gasteiger partial charge in [0.2, 0.25) is 0 Å². The summed E-state index contributed by atoms with van der Waals surface area (Å²) in [6, 6.07) is 6.33. The monoisotopic (exact) mass is 216 g/mol. The summed E-state index contributed by atoms with van der Waals surface area (Å²) in [5, 5.41) is 14.4. The predicted molar refractivity (Wildman–Crippen MR) is 64.3 cm³/mol. The third-order valence-corrected chi connectivity index (χ3v) is 3.31. The quantitative estimate of drug-likeness (QED) is 0.762. The van der Waals surface area contributed by atoms with Gasteiger partial charge < -0.3 is 15.0 Å². The smallest absolute Gasteiger partial charge is 0.0782 e. The van der Waals surface area contributed by atoms with Crippen molar-refractivity contribution in [3.05, 3.63) is 35.5 Å². The molecule has 2 heterocycles. The molecule has 1 unspecified atom stereocenters. The largest absolute Gasteiger partial charge is 0.389 e. The number of nitrogens with zero attached hydrogens (tertiary/aromatic N) is 1. The number of para-hydroxylation sites is 1. The van der Waals surface area contributed by atoms with E-state index in [1.807, 2.05) is 6.92 Å². The molecule has 1 aromatic carbocycles. The molecule has 1 aliphatic heterocycles. The average Bonchev–Trinajstić information content (AvgIpc) is 2.51. The second kappa shape index (κ2) is 3.61. The van der Waals surface area contributed by atoms with Crippen molar-refractivity contribution < 1.29 is 5.11 Å². The summed E-state index contributed by atoms with van der Waals surface area (Å²) in [7, 11) is 0.